The van der Waals surface area contributed by atoms with Crippen LogP contribution in [0.5, 0.6) is 5.75 Å². The number of carbonyl (C=O) groups is 2. The van der Waals surface area contributed by atoms with Gasteiger partial charge >= 0.3 is 0 Å². The number of thiazole rings is 1. The Balaban J connectivity index is 1.40. The molecule has 0 radical (unpaired) electrons. The van der Waals surface area contributed by atoms with Crippen LogP contribution in [0.4, 0.5) is 10.8 Å². The monoisotopic (exact) mass is 404 g/mol. The van der Waals surface area contributed by atoms with Gasteiger partial charge in [-0.1, -0.05) is 18.2 Å². The van der Waals surface area contributed by atoms with E-state index < -0.39 is 0 Å². The number of aromatic nitrogens is 1. The maximum atomic E-state index is 12.2. The van der Waals surface area contributed by atoms with Crippen LogP contribution < -0.4 is 15.4 Å². The van der Waals surface area contributed by atoms with E-state index in [4.69, 9.17) is 10.00 Å². The van der Waals surface area contributed by atoms with Crippen LogP contribution in [0.3, 0.4) is 0 Å². The molecule has 2 heterocycles. The van der Waals surface area contributed by atoms with Crippen molar-refractivity contribution in [2.24, 2.45) is 0 Å². The number of aryl methyl sites for hydroxylation is 1. The van der Waals surface area contributed by atoms with E-state index in [2.05, 4.69) is 15.6 Å². The highest BCUT2D eigenvalue weighted by atomic mass is 32.1. The quantitative estimate of drug-likeness (QED) is 0.676. The van der Waals surface area contributed by atoms with Crippen molar-refractivity contribution in [3.8, 4) is 23.1 Å². The SMILES string of the molecule is N#Cc1ccccc1OCC(=O)Nc1nc(-c2ccc3c(c2)CCC(=O)N3)cs1. The van der Waals surface area contributed by atoms with E-state index >= 15 is 0 Å². The van der Waals surface area contributed by atoms with Crippen LogP contribution in [-0.4, -0.2) is 23.4 Å². The minimum Gasteiger partial charge on any atom is -0.482 e. The molecule has 2 N–H and O–H groups in total. The number of rotatable bonds is 5. The Hall–Kier alpha value is -3.70. The number of para-hydroxylation sites is 1. The van der Waals surface area contributed by atoms with Gasteiger partial charge in [0.1, 0.15) is 11.8 Å². The fraction of sp³-hybridized carbons (Fsp3) is 0.143. The Labute approximate surface area is 171 Å². The molecular formula is C21H16N4O3S. The maximum absolute atomic E-state index is 12.2. The summed E-state index contributed by atoms with van der Waals surface area (Å²) in [6.07, 6.45) is 1.17. The van der Waals surface area contributed by atoms with Crippen LogP contribution in [0.15, 0.2) is 47.8 Å². The number of nitriles is 1. The molecule has 0 saturated carbocycles. The lowest BCUT2D eigenvalue weighted by molar-refractivity contribution is -0.118. The fourth-order valence-electron chi connectivity index (χ4n) is 2.99. The number of anilines is 2. The third-order valence-corrected chi connectivity index (χ3v) is 5.17. The molecule has 1 aliphatic heterocycles. The van der Waals surface area contributed by atoms with E-state index in [0.717, 1.165) is 22.5 Å². The first-order chi connectivity index (χ1) is 14.1. The second-order valence-corrected chi connectivity index (χ2v) is 7.26. The summed E-state index contributed by atoms with van der Waals surface area (Å²) in [4.78, 5) is 28.1. The predicted octanol–water partition coefficient (Wildman–Crippen LogP) is 3.58. The molecule has 0 bridgehead atoms. The summed E-state index contributed by atoms with van der Waals surface area (Å²) < 4.78 is 5.43. The molecule has 1 aromatic heterocycles. The molecule has 2 aromatic carbocycles. The van der Waals surface area contributed by atoms with Crippen molar-refractivity contribution in [3.05, 3.63) is 59.0 Å². The Morgan fingerprint density at radius 2 is 2.14 bits per heavy atom. The van der Waals surface area contributed by atoms with Gasteiger partial charge in [-0.15, -0.1) is 11.3 Å². The van der Waals surface area contributed by atoms with Crippen LogP contribution >= 0.6 is 11.3 Å². The van der Waals surface area contributed by atoms with Gasteiger partial charge in [-0.25, -0.2) is 4.98 Å². The topological polar surface area (TPSA) is 104 Å². The number of ether oxygens (including phenoxy) is 1. The zero-order chi connectivity index (χ0) is 20.2. The summed E-state index contributed by atoms with van der Waals surface area (Å²) in [5, 5.41) is 17.0. The minimum atomic E-state index is -0.355. The van der Waals surface area contributed by atoms with E-state index in [9.17, 15) is 9.59 Å². The average molecular weight is 404 g/mol. The van der Waals surface area contributed by atoms with Crippen LogP contribution in [-0.2, 0) is 16.0 Å². The van der Waals surface area contributed by atoms with Crippen molar-refractivity contribution in [1.82, 2.24) is 4.98 Å². The summed E-state index contributed by atoms with van der Waals surface area (Å²) in [5.41, 5.74) is 3.96. The molecule has 4 rings (SSSR count). The zero-order valence-corrected chi connectivity index (χ0v) is 16.1. The third kappa shape index (κ3) is 4.25. The molecule has 0 unspecified atom stereocenters. The highest BCUT2D eigenvalue weighted by molar-refractivity contribution is 7.14. The molecule has 0 atom stereocenters. The van der Waals surface area contributed by atoms with Gasteiger partial charge < -0.3 is 10.1 Å². The number of benzene rings is 2. The average Bonchev–Trinajstić information content (AvgIpc) is 3.20. The molecule has 3 aromatic rings. The number of carbonyl (C=O) groups excluding carboxylic acids is 2. The number of fused-ring (bicyclic) bond motifs is 1. The molecule has 8 heteroatoms. The molecule has 0 spiro atoms. The Bertz CT molecular complexity index is 1130. The van der Waals surface area contributed by atoms with E-state index in [-0.39, 0.29) is 18.4 Å². The number of hydrogen-bond acceptors (Lipinski definition) is 6. The fourth-order valence-corrected chi connectivity index (χ4v) is 3.73. The van der Waals surface area contributed by atoms with Gasteiger partial charge in [0, 0.05) is 23.1 Å². The lowest BCUT2D eigenvalue weighted by atomic mass is 9.99. The van der Waals surface area contributed by atoms with Crippen LogP contribution in [0.1, 0.15) is 17.5 Å². The first kappa shape index (κ1) is 18.7. The highest BCUT2D eigenvalue weighted by Crippen LogP contribution is 2.30. The van der Waals surface area contributed by atoms with E-state index in [0.29, 0.717) is 29.3 Å². The van der Waals surface area contributed by atoms with Gasteiger partial charge in [0.15, 0.2) is 11.7 Å². The van der Waals surface area contributed by atoms with Crippen molar-refractivity contribution in [2.45, 2.75) is 12.8 Å². The highest BCUT2D eigenvalue weighted by Gasteiger charge is 2.16. The molecule has 29 heavy (non-hydrogen) atoms. The van der Waals surface area contributed by atoms with Gasteiger partial charge in [0.25, 0.3) is 5.91 Å². The summed E-state index contributed by atoms with van der Waals surface area (Å²) in [6, 6.07) is 14.6. The summed E-state index contributed by atoms with van der Waals surface area (Å²) >= 11 is 1.32. The number of amides is 2. The largest absolute Gasteiger partial charge is 0.482 e. The first-order valence-corrected chi connectivity index (χ1v) is 9.81. The molecule has 0 saturated heterocycles. The van der Waals surface area contributed by atoms with Crippen LogP contribution in [0.25, 0.3) is 11.3 Å². The Morgan fingerprint density at radius 1 is 1.28 bits per heavy atom. The van der Waals surface area contributed by atoms with Crippen molar-refractivity contribution in [2.75, 3.05) is 17.2 Å². The molecule has 1 aliphatic rings. The van der Waals surface area contributed by atoms with Gasteiger partial charge in [0.2, 0.25) is 5.91 Å². The van der Waals surface area contributed by atoms with Crippen LogP contribution in [0.2, 0.25) is 0 Å². The smallest absolute Gasteiger partial charge is 0.264 e. The Morgan fingerprint density at radius 3 is 3.00 bits per heavy atom. The van der Waals surface area contributed by atoms with Gasteiger partial charge in [-0.3, -0.25) is 14.9 Å². The third-order valence-electron chi connectivity index (χ3n) is 4.41. The molecule has 7 nitrogen and oxygen atoms in total. The predicted molar refractivity (Wildman–Crippen MR) is 110 cm³/mol. The van der Waals surface area contributed by atoms with Gasteiger partial charge in [-0.2, -0.15) is 5.26 Å². The number of nitrogens with zero attached hydrogens (tertiary/aromatic N) is 2. The van der Waals surface area contributed by atoms with Gasteiger partial charge in [-0.05, 0) is 36.2 Å². The van der Waals surface area contributed by atoms with Crippen molar-refractivity contribution < 1.29 is 14.3 Å². The molecule has 2 amide bonds. The Kier molecular flexibility index (Phi) is 5.22. The minimum absolute atomic E-state index is 0.0310. The van der Waals surface area contributed by atoms with Crippen molar-refractivity contribution in [3.63, 3.8) is 0 Å². The lowest BCUT2D eigenvalue weighted by Crippen LogP contribution is -2.20. The zero-order valence-electron chi connectivity index (χ0n) is 15.3. The molecule has 0 fully saturated rings. The summed E-state index contributed by atoms with van der Waals surface area (Å²) in [5.74, 6) is 0.0430. The summed E-state index contributed by atoms with van der Waals surface area (Å²) in [6.45, 7) is -0.216. The lowest BCUT2D eigenvalue weighted by Gasteiger charge is -2.17. The molecule has 144 valence electrons. The second kappa shape index (κ2) is 8.12. The van der Waals surface area contributed by atoms with Crippen molar-refractivity contribution >= 4 is 34.0 Å². The van der Waals surface area contributed by atoms with Crippen molar-refractivity contribution in [1.29, 1.82) is 5.26 Å². The van der Waals surface area contributed by atoms with Gasteiger partial charge in [0.05, 0.1) is 11.3 Å². The number of nitrogens with one attached hydrogen (secondary N) is 2. The molecular weight excluding hydrogens is 388 g/mol. The first-order valence-electron chi connectivity index (χ1n) is 8.93. The van der Waals surface area contributed by atoms with E-state index in [1.54, 1.807) is 24.3 Å². The second-order valence-electron chi connectivity index (χ2n) is 6.40. The maximum Gasteiger partial charge on any atom is 0.264 e. The number of hydrogen-bond donors (Lipinski definition) is 2. The van der Waals surface area contributed by atoms with E-state index in [1.807, 2.05) is 29.6 Å². The molecule has 0 aliphatic carbocycles. The van der Waals surface area contributed by atoms with Crippen LogP contribution in [0, 0.1) is 11.3 Å². The normalized spacial score (nSPS) is 12.4. The van der Waals surface area contributed by atoms with E-state index in [1.165, 1.54) is 11.3 Å². The standard InChI is InChI=1S/C21H16N4O3S/c22-10-15-3-1-2-4-18(15)28-11-20(27)25-21-24-17(12-29-21)14-5-7-16-13(9-14)6-8-19(26)23-16/h1-5,7,9,12H,6,8,11H2,(H,23,26)(H,24,25,27). The summed E-state index contributed by atoms with van der Waals surface area (Å²) in [7, 11) is 0.